The van der Waals surface area contributed by atoms with E-state index in [0.717, 1.165) is 0 Å². The van der Waals surface area contributed by atoms with Crippen LogP contribution in [0.25, 0.3) is 0 Å². The van der Waals surface area contributed by atoms with Crippen LogP contribution in [-0.4, -0.2) is 0 Å². The van der Waals surface area contributed by atoms with E-state index in [0.29, 0.717) is 0 Å². The molecule has 9 heavy (non-hydrogen) atoms. The zero-order valence-electron chi connectivity index (χ0n) is 4.72. The second kappa shape index (κ2) is 15.7. The van der Waals surface area contributed by atoms with Gasteiger partial charge < -0.3 is 4.42 Å². The lowest BCUT2D eigenvalue weighted by Gasteiger charge is -1.50. The molecule has 1 aromatic heterocycles. The maximum Gasteiger partial charge on any atom is 0.0902 e. The Morgan fingerprint density at radius 1 is 0.889 bits per heavy atom. The molecule has 0 bridgehead atoms. The van der Waals surface area contributed by atoms with E-state index in [2.05, 4.69) is 4.42 Å². The van der Waals surface area contributed by atoms with Gasteiger partial charge in [0.15, 0.2) is 0 Å². The Kier molecular flexibility index (Phi) is 27.4. The fourth-order valence-corrected chi connectivity index (χ4v) is 0.227. The van der Waals surface area contributed by atoms with Gasteiger partial charge in [0.1, 0.15) is 0 Å². The third-order valence-electron chi connectivity index (χ3n) is 0.425. The number of hydrogen-bond donors (Lipinski definition) is 0. The average Bonchev–Trinajstić information content (AvgIpc) is 2.23. The molecule has 0 radical (unpaired) electrons. The Hall–Kier alpha value is -0.720. The molecular weight excluding hydrogens is 112 g/mol. The first kappa shape index (κ1) is 15.7. The molecule has 1 heteroatoms. The molecule has 0 N–H and O–H groups in total. The molecule has 0 amide bonds. The van der Waals surface area contributed by atoms with Crippen LogP contribution >= 0.6 is 0 Å². The van der Waals surface area contributed by atoms with Gasteiger partial charge in [0.25, 0.3) is 0 Å². The van der Waals surface area contributed by atoms with E-state index in [-0.39, 0.29) is 14.9 Å². The molecule has 1 rings (SSSR count). The van der Waals surface area contributed by atoms with Crippen LogP contribution in [0.1, 0.15) is 28.7 Å². The highest BCUT2D eigenvalue weighted by Gasteiger charge is 1.58. The third kappa shape index (κ3) is 11.1. The standard InChI is InChI=1S/C4H4O.C2H6.2CH4/c1-2-4-5-3-1;1-2;;/h1-4H;1-2H3;2*1H4. The summed E-state index contributed by atoms with van der Waals surface area (Å²) in [6, 6.07) is 3.67. The first-order valence-electron chi connectivity index (χ1n) is 2.47. The maximum atomic E-state index is 4.58. The fraction of sp³-hybridized carbons (Fsp3) is 0.500. The van der Waals surface area contributed by atoms with E-state index in [1.54, 1.807) is 12.5 Å². The first-order chi connectivity index (χ1) is 3.50. The van der Waals surface area contributed by atoms with Crippen molar-refractivity contribution in [2.75, 3.05) is 0 Å². The average molecular weight is 130 g/mol. The molecular formula is C8H18O. The summed E-state index contributed by atoms with van der Waals surface area (Å²) in [6.45, 7) is 4.00. The van der Waals surface area contributed by atoms with Gasteiger partial charge in [0.2, 0.25) is 0 Å². The second-order valence-corrected chi connectivity index (χ2v) is 0.793. The molecule has 1 heterocycles. The third-order valence-corrected chi connectivity index (χ3v) is 0.425. The summed E-state index contributed by atoms with van der Waals surface area (Å²) in [4.78, 5) is 0. The van der Waals surface area contributed by atoms with Gasteiger partial charge >= 0.3 is 0 Å². The summed E-state index contributed by atoms with van der Waals surface area (Å²) >= 11 is 0. The first-order valence-corrected chi connectivity index (χ1v) is 2.47. The molecule has 1 aromatic rings. The van der Waals surface area contributed by atoms with Crippen LogP contribution in [0.3, 0.4) is 0 Å². The van der Waals surface area contributed by atoms with Crippen LogP contribution in [0.5, 0.6) is 0 Å². The van der Waals surface area contributed by atoms with Crippen LogP contribution < -0.4 is 0 Å². The topological polar surface area (TPSA) is 13.1 Å². The predicted molar refractivity (Wildman–Crippen MR) is 43.5 cm³/mol. The maximum absolute atomic E-state index is 4.58. The normalized spacial score (nSPS) is 5.11. The lowest BCUT2D eigenvalue weighted by molar-refractivity contribution is 0.567. The van der Waals surface area contributed by atoms with E-state index in [9.17, 15) is 0 Å². The highest BCUT2D eigenvalue weighted by atomic mass is 16.3. The smallest absolute Gasteiger partial charge is 0.0902 e. The van der Waals surface area contributed by atoms with Gasteiger partial charge in [-0.15, -0.1) is 0 Å². The van der Waals surface area contributed by atoms with Crippen molar-refractivity contribution in [2.45, 2.75) is 28.7 Å². The van der Waals surface area contributed by atoms with Crippen molar-refractivity contribution >= 4 is 0 Å². The minimum atomic E-state index is 0. The minimum Gasteiger partial charge on any atom is -0.473 e. The lowest BCUT2D eigenvalue weighted by Crippen LogP contribution is -1.16. The van der Waals surface area contributed by atoms with Crippen LogP contribution in [0.15, 0.2) is 29.1 Å². The van der Waals surface area contributed by atoms with Crippen molar-refractivity contribution in [3.8, 4) is 0 Å². The summed E-state index contributed by atoms with van der Waals surface area (Å²) in [5.41, 5.74) is 0. The van der Waals surface area contributed by atoms with Crippen molar-refractivity contribution < 1.29 is 4.42 Å². The summed E-state index contributed by atoms with van der Waals surface area (Å²) < 4.78 is 4.58. The Morgan fingerprint density at radius 2 is 1.22 bits per heavy atom. The summed E-state index contributed by atoms with van der Waals surface area (Å²) in [6.07, 6.45) is 3.25. The van der Waals surface area contributed by atoms with Crippen molar-refractivity contribution in [1.82, 2.24) is 0 Å². The Morgan fingerprint density at radius 3 is 1.33 bits per heavy atom. The molecule has 0 saturated carbocycles. The van der Waals surface area contributed by atoms with Crippen LogP contribution in [0.2, 0.25) is 0 Å². The quantitative estimate of drug-likeness (QED) is 0.523. The highest BCUT2D eigenvalue weighted by molar-refractivity contribution is 4.79. The SMILES string of the molecule is C.C.CC.c1ccoc1. The number of hydrogen-bond acceptors (Lipinski definition) is 1. The van der Waals surface area contributed by atoms with E-state index in [1.165, 1.54) is 0 Å². The lowest BCUT2D eigenvalue weighted by atomic mass is 10.7. The molecule has 0 fully saturated rings. The largest absolute Gasteiger partial charge is 0.473 e. The molecule has 0 saturated heterocycles. The van der Waals surface area contributed by atoms with Crippen molar-refractivity contribution in [3.63, 3.8) is 0 Å². The zero-order valence-corrected chi connectivity index (χ0v) is 4.72. The summed E-state index contributed by atoms with van der Waals surface area (Å²) in [5, 5.41) is 0. The summed E-state index contributed by atoms with van der Waals surface area (Å²) in [7, 11) is 0. The van der Waals surface area contributed by atoms with Crippen molar-refractivity contribution in [1.29, 1.82) is 0 Å². The minimum absolute atomic E-state index is 0. The molecule has 0 aliphatic rings. The molecule has 0 aliphatic carbocycles. The molecule has 0 atom stereocenters. The highest BCUT2D eigenvalue weighted by Crippen LogP contribution is 1.79. The zero-order chi connectivity index (χ0) is 5.54. The van der Waals surface area contributed by atoms with Gasteiger partial charge in [-0.05, 0) is 12.1 Å². The predicted octanol–water partition coefficient (Wildman–Crippen LogP) is 3.58. The molecule has 0 spiro atoms. The Balaban J connectivity index is -0.0000000836. The van der Waals surface area contributed by atoms with Gasteiger partial charge in [-0.25, -0.2) is 0 Å². The second-order valence-electron chi connectivity index (χ2n) is 0.793. The van der Waals surface area contributed by atoms with Gasteiger partial charge in [0, 0.05) is 0 Å². The van der Waals surface area contributed by atoms with E-state index in [4.69, 9.17) is 0 Å². The fourth-order valence-electron chi connectivity index (χ4n) is 0.227. The number of furan rings is 1. The van der Waals surface area contributed by atoms with E-state index < -0.39 is 0 Å². The monoisotopic (exact) mass is 130 g/mol. The molecule has 56 valence electrons. The Bertz CT molecular complexity index is 61.0. The molecule has 0 aliphatic heterocycles. The van der Waals surface area contributed by atoms with E-state index in [1.807, 2.05) is 26.0 Å². The van der Waals surface area contributed by atoms with Crippen LogP contribution in [0, 0.1) is 0 Å². The van der Waals surface area contributed by atoms with Gasteiger partial charge in [-0.1, -0.05) is 28.7 Å². The van der Waals surface area contributed by atoms with Gasteiger partial charge in [-0.3, -0.25) is 0 Å². The van der Waals surface area contributed by atoms with Crippen molar-refractivity contribution in [3.05, 3.63) is 24.7 Å². The number of rotatable bonds is 0. The molecule has 1 nitrogen and oxygen atoms in total. The summed E-state index contributed by atoms with van der Waals surface area (Å²) in [5.74, 6) is 0. The van der Waals surface area contributed by atoms with Crippen LogP contribution in [-0.2, 0) is 0 Å². The molecule has 0 aromatic carbocycles. The van der Waals surface area contributed by atoms with Gasteiger partial charge in [-0.2, -0.15) is 0 Å². The Labute approximate surface area is 58.7 Å². The van der Waals surface area contributed by atoms with Crippen molar-refractivity contribution in [2.24, 2.45) is 0 Å². The van der Waals surface area contributed by atoms with Gasteiger partial charge in [0.05, 0.1) is 12.5 Å². The van der Waals surface area contributed by atoms with E-state index >= 15 is 0 Å². The molecule has 0 unspecified atom stereocenters. The van der Waals surface area contributed by atoms with Crippen LogP contribution in [0.4, 0.5) is 0 Å².